The molecule has 3 atom stereocenters. The SMILES string of the molecule is CCOC(=O)[C@H]1CCN2c3ccc([N+](=O)[O-])cc3C[C@@]3(C(=O)NC(=O)N(c4ccc(OC)cc4)C3=O)[C@@H]2C1. The molecule has 2 aromatic rings. The van der Waals surface area contributed by atoms with Gasteiger partial charge in [0.25, 0.3) is 11.6 Å². The molecule has 3 aliphatic heterocycles. The van der Waals surface area contributed by atoms with Crippen LogP contribution >= 0.6 is 0 Å². The Bertz CT molecular complexity index is 1340. The zero-order valence-electron chi connectivity index (χ0n) is 20.8. The molecule has 1 spiro atoms. The van der Waals surface area contributed by atoms with Crippen molar-refractivity contribution in [2.45, 2.75) is 32.2 Å². The summed E-state index contributed by atoms with van der Waals surface area (Å²) in [6.45, 7) is 2.22. The van der Waals surface area contributed by atoms with E-state index < -0.39 is 46.1 Å². The first-order chi connectivity index (χ1) is 18.2. The van der Waals surface area contributed by atoms with E-state index in [2.05, 4.69) is 5.32 Å². The maximum atomic E-state index is 14.3. The Hall–Kier alpha value is -4.48. The van der Waals surface area contributed by atoms with Gasteiger partial charge >= 0.3 is 12.0 Å². The highest BCUT2D eigenvalue weighted by molar-refractivity contribution is 6.30. The van der Waals surface area contributed by atoms with Gasteiger partial charge in [-0.1, -0.05) is 0 Å². The Labute approximate surface area is 217 Å². The van der Waals surface area contributed by atoms with Gasteiger partial charge in [-0.2, -0.15) is 0 Å². The van der Waals surface area contributed by atoms with Gasteiger partial charge < -0.3 is 14.4 Å². The van der Waals surface area contributed by atoms with Crippen LogP contribution in [-0.4, -0.2) is 55.0 Å². The van der Waals surface area contributed by atoms with Crippen LogP contribution in [0.5, 0.6) is 5.75 Å². The first-order valence-electron chi connectivity index (χ1n) is 12.3. The lowest BCUT2D eigenvalue weighted by Crippen LogP contribution is -2.73. The number of fused-ring (bicyclic) bond motifs is 4. The van der Waals surface area contributed by atoms with Gasteiger partial charge in [0.15, 0.2) is 5.41 Å². The van der Waals surface area contributed by atoms with E-state index in [1.807, 2.05) is 4.90 Å². The van der Waals surface area contributed by atoms with Crippen LogP contribution in [0, 0.1) is 21.4 Å². The second kappa shape index (κ2) is 9.43. The van der Waals surface area contributed by atoms with Gasteiger partial charge in [0.2, 0.25) is 5.91 Å². The van der Waals surface area contributed by atoms with Crippen LogP contribution < -0.4 is 19.9 Å². The maximum absolute atomic E-state index is 14.3. The number of urea groups is 1. The molecule has 0 unspecified atom stereocenters. The van der Waals surface area contributed by atoms with Crippen LogP contribution in [0.15, 0.2) is 42.5 Å². The molecule has 1 N–H and O–H groups in total. The number of hydrogen-bond donors (Lipinski definition) is 1. The summed E-state index contributed by atoms with van der Waals surface area (Å²) >= 11 is 0. The van der Waals surface area contributed by atoms with E-state index in [1.165, 1.54) is 31.4 Å². The van der Waals surface area contributed by atoms with E-state index in [0.29, 0.717) is 30.0 Å². The molecule has 0 radical (unpaired) electrons. The normalized spacial score (nSPS) is 24.4. The number of nitrogens with one attached hydrogen (secondary N) is 1. The topological polar surface area (TPSA) is 148 Å². The number of anilines is 2. The van der Waals surface area contributed by atoms with Gasteiger partial charge in [0.05, 0.1) is 36.3 Å². The Balaban J connectivity index is 1.64. The molecule has 5 rings (SSSR count). The second-order valence-corrected chi connectivity index (χ2v) is 9.50. The molecule has 0 aliphatic carbocycles. The summed E-state index contributed by atoms with van der Waals surface area (Å²) in [6.07, 6.45) is 0.378. The summed E-state index contributed by atoms with van der Waals surface area (Å²) in [5.41, 5.74) is -0.666. The monoisotopic (exact) mass is 522 g/mol. The first kappa shape index (κ1) is 25.2. The van der Waals surface area contributed by atoms with Crippen LogP contribution in [0.2, 0.25) is 0 Å². The van der Waals surface area contributed by atoms with Crippen molar-refractivity contribution in [3.05, 3.63) is 58.1 Å². The van der Waals surface area contributed by atoms with E-state index >= 15 is 0 Å². The van der Waals surface area contributed by atoms with Crippen molar-refractivity contribution < 1.29 is 33.6 Å². The van der Waals surface area contributed by atoms with Crippen molar-refractivity contribution in [3.63, 3.8) is 0 Å². The molecule has 0 bridgehead atoms. The predicted octanol–water partition coefficient (Wildman–Crippen LogP) is 2.58. The number of nitro groups is 1. The summed E-state index contributed by atoms with van der Waals surface area (Å²) in [7, 11) is 1.48. The average molecular weight is 523 g/mol. The summed E-state index contributed by atoms with van der Waals surface area (Å²) in [4.78, 5) is 67.4. The highest BCUT2D eigenvalue weighted by Gasteiger charge is 2.63. The van der Waals surface area contributed by atoms with Gasteiger partial charge in [-0.3, -0.25) is 29.8 Å². The molecular formula is C26H26N4O8. The van der Waals surface area contributed by atoms with E-state index in [9.17, 15) is 29.3 Å². The fourth-order valence-corrected chi connectivity index (χ4v) is 5.79. The number of methoxy groups -OCH3 is 1. The number of rotatable bonds is 5. The molecule has 2 aromatic carbocycles. The van der Waals surface area contributed by atoms with Crippen molar-refractivity contribution in [1.82, 2.24) is 5.32 Å². The maximum Gasteiger partial charge on any atom is 0.335 e. The minimum absolute atomic E-state index is 0.138. The van der Waals surface area contributed by atoms with Crippen molar-refractivity contribution in [2.24, 2.45) is 11.3 Å². The second-order valence-electron chi connectivity index (χ2n) is 9.50. The van der Waals surface area contributed by atoms with Gasteiger partial charge in [0.1, 0.15) is 5.75 Å². The number of non-ortho nitro benzene ring substituents is 1. The number of benzene rings is 2. The van der Waals surface area contributed by atoms with Crippen LogP contribution in [0.4, 0.5) is 21.9 Å². The van der Waals surface area contributed by atoms with E-state index in [4.69, 9.17) is 9.47 Å². The molecule has 198 valence electrons. The largest absolute Gasteiger partial charge is 0.497 e. The molecule has 2 fully saturated rings. The third-order valence-electron chi connectivity index (χ3n) is 7.59. The molecule has 12 heteroatoms. The molecule has 38 heavy (non-hydrogen) atoms. The molecule has 0 aromatic heterocycles. The smallest absolute Gasteiger partial charge is 0.335 e. The first-order valence-corrected chi connectivity index (χ1v) is 12.3. The van der Waals surface area contributed by atoms with Crippen molar-refractivity contribution in [3.8, 4) is 5.75 Å². The summed E-state index contributed by atoms with van der Waals surface area (Å²) in [6, 6.07) is 8.88. The molecule has 12 nitrogen and oxygen atoms in total. The minimum Gasteiger partial charge on any atom is -0.497 e. The number of imide groups is 2. The Morgan fingerprint density at radius 3 is 2.58 bits per heavy atom. The number of ether oxygens (including phenoxy) is 2. The Kier molecular flexibility index (Phi) is 6.25. The highest BCUT2D eigenvalue weighted by atomic mass is 16.6. The molecule has 4 amide bonds. The number of nitro benzene ring substituents is 1. The zero-order chi connectivity index (χ0) is 27.2. The van der Waals surface area contributed by atoms with Crippen LogP contribution in [0.1, 0.15) is 25.3 Å². The number of esters is 1. The molecule has 0 saturated carbocycles. The lowest BCUT2D eigenvalue weighted by Gasteiger charge is -2.54. The molecule has 2 saturated heterocycles. The van der Waals surface area contributed by atoms with Gasteiger partial charge in [0, 0.05) is 30.8 Å². The standard InChI is InChI=1S/C26H26N4O8/c1-3-38-22(31)15-10-11-28-20-9-6-18(30(35)36)12-16(20)14-26(21(28)13-15)23(32)27-25(34)29(24(26)33)17-4-7-19(37-2)8-5-17/h4-9,12,15,21H,3,10-11,13-14H2,1-2H3,(H,27,32,34)/t15-,21-,26-/m0/s1. The molecular weight excluding hydrogens is 496 g/mol. The summed E-state index contributed by atoms with van der Waals surface area (Å²) in [5, 5.41) is 13.8. The Morgan fingerprint density at radius 1 is 1.18 bits per heavy atom. The average Bonchev–Trinajstić information content (AvgIpc) is 2.91. The number of hydrogen-bond acceptors (Lipinski definition) is 9. The summed E-state index contributed by atoms with van der Waals surface area (Å²) < 4.78 is 10.4. The lowest BCUT2D eigenvalue weighted by atomic mass is 9.64. The number of barbiturate groups is 1. The third-order valence-corrected chi connectivity index (χ3v) is 7.59. The van der Waals surface area contributed by atoms with Crippen molar-refractivity contribution >= 4 is 40.9 Å². The Morgan fingerprint density at radius 2 is 1.92 bits per heavy atom. The number of carbonyl (C=O) groups excluding carboxylic acids is 4. The third kappa shape index (κ3) is 3.83. The van der Waals surface area contributed by atoms with Gasteiger partial charge in [-0.15, -0.1) is 0 Å². The summed E-state index contributed by atoms with van der Waals surface area (Å²) in [5.74, 6) is -2.01. The van der Waals surface area contributed by atoms with E-state index in [0.717, 1.165) is 4.90 Å². The van der Waals surface area contributed by atoms with Gasteiger partial charge in [-0.05, 0) is 55.7 Å². The van der Waals surface area contributed by atoms with Crippen molar-refractivity contribution in [2.75, 3.05) is 30.1 Å². The van der Waals surface area contributed by atoms with Crippen LogP contribution in [0.25, 0.3) is 0 Å². The van der Waals surface area contributed by atoms with Gasteiger partial charge in [-0.25, -0.2) is 9.69 Å². The molecule has 3 heterocycles. The van der Waals surface area contributed by atoms with Crippen LogP contribution in [0.3, 0.4) is 0 Å². The lowest BCUT2D eigenvalue weighted by molar-refractivity contribution is -0.384. The zero-order valence-corrected chi connectivity index (χ0v) is 20.8. The van der Waals surface area contributed by atoms with E-state index in [-0.39, 0.29) is 30.8 Å². The van der Waals surface area contributed by atoms with Crippen LogP contribution in [-0.2, 0) is 25.5 Å². The number of nitrogens with zero attached hydrogens (tertiary/aromatic N) is 3. The minimum atomic E-state index is -1.82. The number of piperidine rings is 1. The predicted molar refractivity (Wildman–Crippen MR) is 134 cm³/mol. The fourth-order valence-electron chi connectivity index (χ4n) is 5.79. The quantitative estimate of drug-likeness (QED) is 0.271. The fraction of sp³-hybridized carbons (Fsp3) is 0.385. The number of amides is 4. The molecule has 3 aliphatic rings. The highest BCUT2D eigenvalue weighted by Crippen LogP contribution is 2.49. The van der Waals surface area contributed by atoms with Crippen molar-refractivity contribution in [1.29, 1.82) is 0 Å². The number of carbonyl (C=O) groups is 4. The van der Waals surface area contributed by atoms with E-state index in [1.54, 1.807) is 25.1 Å².